The lowest BCUT2D eigenvalue weighted by molar-refractivity contribution is 0.108. The average molecular weight is 301 g/mol. The van der Waals surface area contributed by atoms with E-state index in [1.807, 2.05) is 0 Å². The topological polar surface area (TPSA) is 26.3 Å². The van der Waals surface area contributed by atoms with Crippen LogP contribution in [0.15, 0.2) is 30.3 Å². The van der Waals surface area contributed by atoms with Crippen LogP contribution in [0.2, 0.25) is 0 Å². The summed E-state index contributed by atoms with van der Waals surface area (Å²) in [7, 11) is 1.33. The summed E-state index contributed by atoms with van der Waals surface area (Å²) in [6.07, 6.45) is 0. The maximum absolute atomic E-state index is 14.0. The lowest BCUT2D eigenvalue weighted by Crippen LogP contribution is -2.04. The molecule has 0 fully saturated rings. The van der Waals surface area contributed by atoms with Gasteiger partial charge in [-0.1, -0.05) is 18.2 Å². The third-order valence-corrected chi connectivity index (χ3v) is 2.95. The third-order valence-electron chi connectivity index (χ3n) is 2.75. The molecule has 0 atom stereocenters. The highest BCUT2D eigenvalue weighted by molar-refractivity contribution is 6.68. The largest absolute Gasteiger partial charge is 0.496 e. The zero-order chi connectivity index (χ0) is 14.9. The second-order valence-corrected chi connectivity index (χ2v) is 4.23. The van der Waals surface area contributed by atoms with Gasteiger partial charge in [-0.2, -0.15) is 0 Å². The van der Waals surface area contributed by atoms with Gasteiger partial charge in [-0.25, -0.2) is 13.2 Å². The van der Waals surface area contributed by atoms with Gasteiger partial charge in [-0.15, -0.1) is 0 Å². The highest BCUT2D eigenvalue weighted by atomic mass is 35.5. The molecular formula is C14H8ClF3O2. The van der Waals surface area contributed by atoms with Crippen molar-refractivity contribution in [2.75, 3.05) is 7.11 Å². The number of hydrogen-bond acceptors (Lipinski definition) is 2. The Morgan fingerprint density at radius 2 is 1.80 bits per heavy atom. The molecule has 2 nitrogen and oxygen atoms in total. The molecule has 0 heterocycles. The highest BCUT2D eigenvalue weighted by Crippen LogP contribution is 2.36. The Balaban J connectivity index is 2.85. The van der Waals surface area contributed by atoms with Crippen molar-refractivity contribution in [3.63, 3.8) is 0 Å². The first-order chi connectivity index (χ1) is 9.47. The van der Waals surface area contributed by atoms with E-state index in [1.54, 1.807) is 12.1 Å². The summed E-state index contributed by atoms with van der Waals surface area (Å²) in [4.78, 5) is 11.3. The fraction of sp³-hybridized carbons (Fsp3) is 0.0714. The van der Waals surface area contributed by atoms with Gasteiger partial charge in [0.25, 0.3) is 5.24 Å². The normalized spacial score (nSPS) is 10.4. The molecule has 0 N–H and O–H groups in total. The van der Waals surface area contributed by atoms with Crippen LogP contribution in [0.25, 0.3) is 11.1 Å². The molecule has 0 aliphatic carbocycles. The van der Waals surface area contributed by atoms with Gasteiger partial charge in [0.15, 0.2) is 17.5 Å². The summed E-state index contributed by atoms with van der Waals surface area (Å²) in [5, 5.41) is -1.09. The van der Waals surface area contributed by atoms with Crippen LogP contribution in [0.5, 0.6) is 5.75 Å². The summed E-state index contributed by atoms with van der Waals surface area (Å²) in [5.41, 5.74) is -0.788. The van der Waals surface area contributed by atoms with Crippen LogP contribution in [0.3, 0.4) is 0 Å². The van der Waals surface area contributed by atoms with E-state index < -0.39 is 33.8 Å². The number of ether oxygens (including phenoxy) is 1. The van der Waals surface area contributed by atoms with E-state index >= 15 is 0 Å². The summed E-state index contributed by atoms with van der Waals surface area (Å²) < 4.78 is 45.7. The Bertz CT molecular complexity index is 686. The lowest BCUT2D eigenvalue weighted by Gasteiger charge is -2.13. The summed E-state index contributed by atoms with van der Waals surface area (Å²) in [6, 6.07) is 6.63. The van der Waals surface area contributed by atoms with Gasteiger partial charge >= 0.3 is 0 Å². The molecule has 104 valence electrons. The first-order valence-electron chi connectivity index (χ1n) is 5.48. The number of halogens is 4. The number of benzene rings is 2. The fourth-order valence-electron chi connectivity index (χ4n) is 1.86. The van der Waals surface area contributed by atoms with Crippen molar-refractivity contribution < 1.29 is 22.7 Å². The number of carbonyl (C=O) groups is 1. The third kappa shape index (κ3) is 2.36. The van der Waals surface area contributed by atoms with Gasteiger partial charge in [-0.3, -0.25) is 4.79 Å². The van der Waals surface area contributed by atoms with Crippen molar-refractivity contribution >= 4 is 16.8 Å². The van der Waals surface area contributed by atoms with Crippen molar-refractivity contribution in [1.82, 2.24) is 0 Å². The van der Waals surface area contributed by atoms with Crippen molar-refractivity contribution in [2.24, 2.45) is 0 Å². The molecule has 0 saturated carbocycles. The lowest BCUT2D eigenvalue weighted by atomic mass is 9.98. The predicted octanol–water partition coefficient (Wildman–Crippen LogP) is 4.16. The molecule has 0 saturated heterocycles. The maximum atomic E-state index is 14.0. The minimum absolute atomic E-state index is 0.107. The molecule has 0 bridgehead atoms. The molecule has 2 aromatic rings. The Morgan fingerprint density at radius 3 is 2.40 bits per heavy atom. The minimum atomic E-state index is -1.67. The smallest absolute Gasteiger partial charge is 0.253 e. The quantitative estimate of drug-likeness (QED) is 0.628. The van der Waals surface area contributed by atoms with Crippen LogP contribution < -0.4 is 4.74 Å². The minimum Gasteiger partial charge on any atom is -0.496 e. The number of carbonyl (C=O) groups excluding carboxylic acids is 1. The van der Waals surface area contributed by atoms with Crippen LogP contribution in [0.1, 0.15) is 10.4 Å². The molecule has 0 aliphatic rings. The van der Waals surface area contributed by atoms with Crippen LogP contribution >= 0.6 is 11.6 Å². The van der Waals surface area contributed by atoms with Crippen LogP contribution in [0, 0.1) is 17.5 Å². The SMILES string of the molecule is COc1ccccc1-c1c(C(=O)Cl)cc(F)c(F)c1F. The van der Waals surface area contributed by atoms with Crippen molar-refractivity contribution in [2.45, 2.75) is 0 Å². The van der Waals surface area contributed by atoms with E-state index in [0.717, 1.165) is 0 Å². The van der Waals surface area contributed by atoms with E-state index in [2.05, 4.69) is 0 Å². The van der Waals surface area contributed by atoms with Gasteiger partial charge in [0.05, 0.1) is 7.11 Å². The van der Waals surface area contributed by atoms with E-state index in [1.165, 1.54) is 19.2 Å². The first kappa shape index (κ1) is 14.4. The molecule has 0 aromatic heterocycles. The molecule has 0 unspecified atom stereocenters. The molecule has 0 aliphatic heterocycles. The Kier molecular flexibility index (Phi) is 3.99. The van der Waals surface area contributed by atoms with E-state index in [4.69, 9.17) is 16.3 Å². The van der Waals surface area contributed by atoms with E-state index in [0.29, 0.717) is 6.07 Å². The van der Waals surface area contributed by atoms with E-state index in [9.17, 15) is 18.0 Å². The number of rotatable bonds is 3. The van der Waals surface area contributed by atoms with Gasteiger partial charge in [-0.05, 0) is 23.7 Å². The molecule has 20 heavy (non-hydrogen) atoms. The monoisotopic (exact) mass is 300 g/mol. The Labute approximate surface area is 117 Å². The van der Waals surface area contributed by atoms with Crippen molar-refractivity contribution in [3.05, 3.63) is 53.3 Å². The van der Waals surface area contributed by atoms with Crippen molar-refractivity contribution in [1.29, 1.82) is 0 Å². The van der Waals surface area contributed by atoms with Crippen molar-refractivity contribution in [3.8, 4) is 16.9 Å². The summed E-state index contributed by atoms with van der Waals surface area (Å²) in [6.45, 7) is 0. The number of hydrogen-bond donors (Lipinski definition) is 0. The van der Waals surface area contributed by atoms with Gasteiger partial charge in [0.2, 0.25) is 0 Å². The predicted molar refractivity (Wildman–Crippen MR) is 68.5 cm³/mol. The second kappa shape index (κ2) is 5.54. The van der Waals surface area contributed by atoms with Crippen LogP contribution in [-0.4, -0.2) is 12.4 Å². The molecule has 2 rings (SSSR count). The second-order valence-electron chi connectivity index (χ2n) is 3.88. The van der Waals surface area contributed by atoms with E-state index in [-0.39, 0.29) is 11.3 Å². The summed E-state index contributed by atoms with van der Waals surface area (Å²) in [5.74, 6) is -4.44. The first-order valence-corrected chi connectivity index (χ1v) is 5.86. The number of methoxy groups -OCH3 is 1. The highest BCUT2D eigenvalue weighted by Gasteiger charge is 2.24. The molecule has 2 aromatic carbocycles. The zero-order valence-electron chi connectivity index (χ0n) is 10.2. The Morgan fingerprint density at radius 1 is 1.15 bits per heavy atom. The number of para-hydroxylation sites is 1. The molecule has 0 spiro atoms. The van der Waals surface area contributed by atoms with Gasteiger partial charge < -0.3 is 4.74 Å². The zero-order valence-corrected chi connectivity index (χ0v) is 11.0. The van der Waals surface area contributed by atoms with Crippen LogP contribution in [0.4, 0.5) is 13.2 Å². The summed E-state index contributed by atoms with van der Waals surface area (Å²) >= 11 is 5.31. The fourth-order valence-corrected chi connectivity index (χ4v) is 2.01. The standard InChI is InChI=1S/C14H8ClF3O2/c1-20-10-5-3-2-4-7(10)11-8(14(15)19)6-9(16)12(17)13(11)18/h2-6H,1H3. The Hall–Kier alpha value is -2.01. The molecule has 6 heteroatoms. The average Bonchev–Trinajstić information content (AvgIpc) is 2.44. The van der Waals surface area contributed by atoms with Gasteiger partial charge in [0.1, 0.15) is 5.75 Å². The van der Waals surface area contributed by atoms with Crippen LogP contribution in [-0.2, 0) is 0 Å². The molecular weight excluding hydrogens is 293 g/mol. The maximum Gasteiger partial charge on any atom is 0.253 e. The molecule has 0 amide bonds. The molecule has 0 radical (unpaired) electrons. The van der Waals surface area contributed by atoms with Gasteiger partial charge in [0, 0.05) is 16.7 Å².